The lowest BCUT2D eigenvalue weighted by molar-refractivity contribution is -0.385. The van der Waals surface area contributed by atoms with Crippen molar-refractivity contribution in [3.8, 4) is 5.75 Å². The molecule has 2 heterocycles. The first-order valence-electron chi connectivity index (χ1n) is 7.24. The highest BCUT2D eigenvalue weighted by molar-refractivity contribution is 6.30. The molecule has 0 saturated heterocycles. The first-order chi connectivity index (χ1) is 11.2. The largest absolute Gasteiger partial charge is 0.485 e. The zero-order valence-electron chi connectivity index (χ0n) is 13.0. The number of benzene rings is 1. The molecule has 1 aromatic heterocycles. The van der Waals surface area contributed by atoms with Crippen molar-refractivity contribution >= 4 is 17.3 Å². The third kappa shape index (κ3) is 2.55. The van der Waals surface area contributed by atoms with E-state index in [9.17, 15) is 20.0 Å². The SMILES string of the molecule is CC1(C)Oc2ccc([N+](=O)[O-])cc2C(n2cccc(Cl)c2=O)C1O. The van der Waals surface area contributed by atoms with E-state index < -0.39 is 28.2 Å². The molecule has 0 aliphatic carbocycles. The normalized spacial score (nSPS) is 21.7. The second-order valence-corrected chi connectivity index (χ2v) is 6.55. The maximum atomic E-state index is 12.4. The van der Waals surface area contributed by atoms with Crippen LogP contribution in [-0.4, -0.2) is 26.3 Å². The van der Waals surface area contributed by atoms with Crippen molar-refractivity contribution in [3.63, 3.8) is 0 Å². The van der Waals surface area contributed by atoms with Crippen molar-refractivity contribution in [2.24, 2.45) is 0 Å². The van der Waals surface area contributed by atoms with Crippen molar-refractivity contribution in [1.29, 1.82) is 0 Å². The van der Waals surface area contributed by atoms with Crippen molar-refractivity contribution in [2.45, 2.75) is 31.6 Å². The van der Waals surface area contributed by atoms with Crippen LogP contribution >= 0.6 is 11.6 Å². The lowest BCUT2D eigenvalue weighted by Crippen LogP contribution is -2.52. The fourth-order valence-electron chi connectivity index (χ4n) is 2.87. The van der Waals surface area contributed by atoms with Gasteiger partial charge in [-0.3, -0.25) is 14.9 Å². The van der Waals surface area contributed by atoms with Crippen LogP contribution in [-0.2, 0) is 0 Å². The molecule has 0 amide bonds. The Morgan fingerprint density at radius 3 is 2.75 bits per heavy atom. The number of nitro benzene ring substituents is 1. The van der Waals surface area contributed by atoms with Gasteiger partial charge >= 0.3 is 0 Å². The van der Waals surface area contributed by atoms with Crippen LogP contribution in [0.25, 0.3) is 0 Å². The van der Waals surface area contributed by atoms with Gasteiger partial charge in [-0.25, -0.2) is 0 Å². The molecule has 2 unspecified atom stereocenters. The van der Waals surface area contributed by atoms with Crippen LogP contribution in [0.1, 0.15) is 25.5 Å². The average Bonchev–Trinajstić information content (AvgIpc) is 2.51. The zero-order chi connectivity index (χ0) is 17.6. The fraction of sp³-hybridized carbons (Fsp3) is 0.312. The summed E-state index contributed by atoms with van der Waals surface area (Å²) in [5, 5.41) is 21.8. The molecule has 3 rings (SSSR count). The molecule has 8 heteroatoms. The number of nitro groups is 1. The molecular weight excluding hydrogens is 336 g/mol. The van der Waals surface area contributed by atoms with E-state index in [1.165, 1.54) is 35.0 Å². The number of ether oxygens (including phenoxy) is 1. The van der Waals surface area contributed by atoms with Crippen LogP contribution in [0.3, 0.4) is 0 Å². The molecule has 24 heavy (non-hydrogen) atoms. The van der Waals surface area contributed by atoms with Crippen LogP contribution in [0.4, 0.5) is 5.69 Å². The predicted octanol–water partition coefficient (Wildman–Crippen LogP) is 2.53. The molecule has 0 radical (unpaired) electrons. The number of aliphatic hydroxyl groups is 1. The molecule has 7 nitrogen and oxygen atoms in total. The lowest BCUT2D eigenvalue weighted by Gasteiger charge is -2.42. The minimum absolute atomic E-state index is 0.000906. The Labute approximate surface area is 142 Å². The molecule has 0 bridgehead atoms. The highest BCUT2D eigenvalue weighted by atomic mass is 35.5. The first-order valence-corrected chi connectivity index (χ1v) is 7.62. The fourth-order valence-corrected chi connectivity index (χ4v) is 3.04. The van der Waals surface area contributed by atoms with E-state index in [-0.39, 0.29) is 10.7 Å². The second-order valence-electron chi connectivity index (χ2n) is 6.14. The van der Waals surface area contributed by atoms with Gasteiger partial charge in [-0.05, 0) is 32.0 Å². The molecule has 0 saturated carbocycles. The Morgan fingerprint density at radius 2 is 2.08 bits per heavy atom. The highest BCUT2D eigenvalue weighted by Crippen LogP contribution is 2.42. The number of aromatic nitrogens is 1. The smallest absolute Gasteiger partial charge is 0.270 e. The summed E-state index contributed by atoms with van der Waals surface area (Å²) in [5.41, 5.74) is -1.27. The quantitative estimate of drug-likeness (QED) is 0.663. The summed E-state index contributed by atoms with van der Waals surface area (Å²) < 4.78 is 7.04. The molecule has 1 aliphatic heterocycles. The zero-order valence-corrected chi connectivity index (χ0v) is 13.7. The predicted molar refractivity (Wildman–Crippen MR) is 87.7 cm³/mol. The topological polar surface area (TPSA) is 94.6 Å². The van der Waals surface area contributed by atoms with E-state index in [1.54, 1.807) is 19.9 Å². The van der Waals surface area contributed by atoms with Gasteiger partial charge in [-0.15, -0.1) is 0 Å². The molecule has 0 fully saturated rings. The van der Waals surface area contributed by atoms with Crippen molar-refractivity contribution in [3.05, 3.63) is 67.6 Å². The summed E-state index contributed by atoms with van der Waals surface area (Å²) in [6, 6.07) is 6.29. The van der Waals surface area contributed by atoms with Crippen LogP contribution in [0.5, 0.6) is 5.75 Å². The highest BCUT2D eigenvalue weighted by Gasteiger charge is 2.44. The number of rotatable bonds is 2. The van der Waals surface area contributed by atoms with Gasteiger partial charge in [-0.2, -0.15) is 0 Å². The lowest BCUT2D eigenvalue weighted by atomic mass is 9.86. The van der Waals surface area contributed by atoms with Crippen LogP contribution < -0.4 is 10.3 Å². The average molecular weight is 351 g/mol. The van der Waals surface area contributed by atoms with Crippen LogP contribution in [0, 0.1) is 10.1 Å². The maximum absolute atomic E-state index is 12.4. The van der Waals surface area contributed by atoms with E-state index in [0.717, 1.165) is 0 Å². The number of halogens is 1. The Kier molecular flexibility index (Phi) is 3.85. The number of non-ortho nitro benzene ring substituents is 1. The number of aliphatic hydroxyl groups excluding tert-OH is 1. The third-order valence-corrected chi connectivity index (χ3v) is 4.42. The van der Waals surface area contributed by atoms with Crippen LogP contribution in [0.15, 0.2) is 41.3 Å². The Hall–Kier alpha value is -2.38. The summed E-state index contributed by atoms with van der Waals surface area (Å²) in [4.78, 5) is 22.9. The number of hydrogen-bond donors (Lipinski definition) is 1. The summed E-state index contributed by atoms with van der Waals surface area (Å²) in [5.74, 6) is 0.382. The molecule has 1 aliphatic rings. The monoisotopic (exact) mass is 350 g/mol. The summed E-state index contributed by atoms with van der Waals surface area (Å²) >= 11 is 5.91. The molecular formula is C16H15ClN2O5. The van der Waals surface area contributed by atoms with Gasteiger partial charge in [0.1, 0.15) is 22.5 Å². The van der Waals surface area contributed by atoms with Gasteiger partial charge in [0.05, 0.1) is 11.0 Å². The Bertz CT molecular complexity index is 877. The molecule has 1 aromatic carbocycles. The van der Waals surface area contributed by atoms with Gasteiger partial charge in [0, 0.05) is 23.9 Å². The Balaban J connectivity index is 2.28. The molecule has 2 atom stereocenters. The van der Waals surface area contributed by atoms with Crippen molar-refractivity contribution in [1.82, 2.24) is 4.57 Å². The minimum Gasteiger partial charge on any atom is -0.485 e. The third-order valence-electron chi connectivity index (χ3n) is 4.13. The van der Waals surface area contributed by atoms with Gasteiger partial charge in [0.25, 0.3) is 11.2 Å². The molecule has 126 valence electrons. The van der Waals surface area contributed by atoms with Crippen molar-refractivity contribution < 1.29 is 14.8 Å². The molecule has 0 spiro atoms. The van der Waals surface area contributed by atoms with Gasteiger partial charge in [-0.1, -0.05) is 11.6 Å². The minimum atomic E-state index is -1.11. The van der Waals surface area contributed by atoms with E-state index in [4.69, 9.17) is 16.3 Å². The van der Waals surface area contributed by atoms with Gasteiger partial charge in [0.15, 0.2) is 0 Å². The van der Waals surface area contributed by atoms with E-state index >= 15 is 0 Å². The standard InChI is InChI=1S/C16H15ClN2O5/c1-16(2)14(20)13(18-7-3-4-11(17)15(18)21)10-8-9(19(22)23)5-6-12(10)24-16/h3-8,13-14,20H,1-2H3. The van der Waals surface area contributed by atoms with Crippen molar-refractivity contribution in [2.75, 3.05) is 0 Å². The Morgan fingerprint density at radius 1 is 1.38 bits per heavy atom. The van der Waals surface area contributed by atoms with E-state index in [2.05, 4.69) is 0 Å². The number of pyridine rings is 1. The van der Waals surface area contributed by atoms with E-state index in [1.807, 2.05) is 0 Å². The maximum Gasteiger partial charge on any atom is 0.270 e. The second kappa shape index (κ2) is 5.61. The molecule has 1 N–H and O–H groups in total. The first kappa shape index (κ1) is 16.5. The summed E-state index contributed by atoms with van der Waals surface area (Å²) in [6.45, 7) is 3.37. The van der Waals surface area contributed by atoms with Gasteiger partial charge in [0.2, 0.25) is 0 Å². The van der Waals surface area contributed by atoms with E-state index in [0.29, 0.717) is 11.3 Å². The van der Waals surface area contributed by atoms with Crippen LogP contribution in [0.2, 0.25) is 5.02 Å². The van der Waals surface area contributed by atoms with Gasteiger partial charge < -0.3 is 14.4 Å². The molecule has 2 aromatic rings. The number of hydrogen-bond acceptors (Lipinski definition) is 5. The number of nitrogens with zero attached hydrogens (tertiary/aromatic N) is 2. The number of fused-ring (bicyclic) bond motifs is 1. The summed E-state index contributed by atoms with van der Waals surface area (Å²) in [6.07, 6.45) is 0.384. The summed E-state index contributed by atoms with van der Waals surface area (Å²) in [7, 11) is 0.